The number of rotatable bonds is 6. The van der Waals surface area contributed by atoms with Crippen LogP contribution in [0.15, 0.2) is 59.1 Å². The van der Waals surface area contributed by atoms with E-state index in [2.05, 4.69) is 22.0 Å². The first-order valence-corrected chi connectivity index (χ1v) is 12.5. The molecule has 1 atom stereocenters. The van der Waals surface area contributed by atoms with Gasteiger partial charge in [0.1, 0.15) is 0 Å². The zero-order valence-electron chi connectivity index (χ0n) is 20.8. The van der Waals surface area contributed by atoms with E-state index < -0.39 is 0 Å². The van der Waals surface area contributed by atoms with E-state index in [1.54, 1.807) is 6.08 Å². The van der Waals surface area contributed by atoms with Crippen LogP contribution in [0, 0.1) is 6.92 Å². The van der Waals surface area contributed by atoms with Crippen LogP contribution in [-0.4, -0.2) is 64.5 Å². The molecule has 0 spiro atoms. The van der Waals surface area contributed by atoms with Crippen molar-refractivity contribution in [2.75, 3.05) is 37.6 Å². The number of nitrogens with zero attached hydrogens (tertiary/aromatic N) is 5. The topological polar surface area (TPSA) is 82.8 Å². The molecular formula is C28H31N5O3. The van der Waals surface area contributed by atoms with Crippen LogP contribution in [0.25, 0.3) is 17.5 Å². The van der Waals surface area contributed by atoms with E-state index in [0.717, 1.165) is 42.9 Å². The molecule has 0 aliphatic carbocycles. The lowest BCUT2D eigenvalue weighted by Gasteiger charge is -2.36. The van der Waals surface area contributed by atoms with E-state index in [9.17, 15) is 9.59 Å². The molecule has 0 bridgehead atoms. The van der Waals surface area contributed by atoms with E-state index in [0.29, 0.717) is 31.2 Å². The highest BCUT2D eigenvalue weighted by Gasteiger charge is 2.27. The van der Waals surface area contributed by atoms with Crippen LogP contribution in [0.1, 0.15) is 42.8 Å². The Morgan fingerprint density at radius 2 is 1.72 bits per heavy atom. The summed E-state index contributed by atoms with van der Waals surface area (Å²) < 4.78 is 5.56. The molecule has 0 N–H and O–H groups in total. The first kappa shape index (κ1) is 23.9. The zero-order chi connectivity index (χ0) is 25.1. The van der Waals surface area contributed by atoms with Gasteiger partial charge in [-0.15, -0.1) is 0 Å². The van der Waals surface area contributed by atoms with Gasteiger partial charge in [-0.25, -0.2) is 0 Å². The Kier molecular flexibility index (Phi) is 6.95. The van der Waals surface area contributed by atoms with E-state index >= 15 is 0 Å². The third-order valence-corrected chi connectivity index (χ3v) is 6.98. The summed E-state index contributed by atoms with van der Waals surface area (Å²) in [7, 11) is 0. The Hall–Kier alpha value is -3.78. The first-order valence-electron chi connectivity index (χ1n) is 12.5. The summed E-state index contributed by atoms with van der Waals surface area (Å²) in [6.45, 7) is 7.64. The van der Waals surface area contributed by atoms with Gasteiger partial charge in [0.2, 0.25) is 23.5 Å². The predicted octanol–water partition coefficient (Wildman–Crippen LogP) is 4.09. The quantitative estimate of drug-likeness (QED) is 0.489. The van der Waals surface area contributed by atoms with Gasteiger partial charge in [-0.2, -0.15) is 4.98 Å². The van der Waals surface area contributed by atoms with E-state index in [-0.39, 0.29) is 17.9 Å². The molecule has 186 valence electrons. The van der Waals surface area contributed by atoms with Crippen molar-refractivity contribution in [1.29, 1.82) is 0 Å². The summed E-state index contributed by atoms with van der Waals surface area (Å²) in [6, 6.07) is 15.8. The number of carbonyl (C=O) groups is 2. The summed E-state index contributed by atoms with van der Waals surface area (Å²) in [5.74, 6) is 1.36. The van der Waals surface area contributed by atoms with Crippen LogP contribution in [0.2, 0.25) is 0 Å². The highest BCUT2D eigenvalue weighted by atomic mass is 16.5. The number of aromatic nitrogens is 2. The molecule has 2 aromatic carbocycles. The highest BCUT2D eigenvalue weighted by Crippen LogP contribution is 2.24. The minimum atomic E-state index is -0.0227. The molecular weight excluding hydrogens is 454 g/mol. The molecule has 2 aliphatic heterocycles. The maximum atomic E-state index is 12.7. The Balaban J connectivity index is 1.13. The predicted molar refractivity (Wildman–Crippen MR) is 138 cm³/mol. The van der Waals surface area contributed by atoms with Crippen LogP contribution in [0.4, 0.5) is 5.69 Å². The van der Waals surface area contributed by atoms with Crippen molar-refractivity contribution in [3.8, 4) is 11.4 Å². The third kappa shape index (κ3) is 5.23. The second-order valence-corrected chi connectivity index (χ2v) is 9.43. The van der Waals surface area contributed by atoms with Crippen molar-refractivity contribution in [2.24, 2.45) is 0 Å². The van der Waals surface area contributed by atoms with Gasteiger partial charge in [0.05, 0.1) is 6.04 Å². The number of piperazine rings is 1. The number of amides is 2. The smallest absolute Gasteiger partial charge is 0.246 e. The molecule has 2 amide bonds. The fraction of sp³-hybridized carbons (Fsp3) is 0.357. The highest BCUT2D eigenvalue weighted by molar-refractivity contribution is 5.95. The molecule has 5 rings (SSSR count). The minimum Gasteiger partial charge on any atom is -0.337 e. The zero-order valence-corrected chi connectivity index (χ0v) is 20.8. The molecule has 0 saturated carbocycles. The number of hydrogen-bond donors (Lipinski definition) is 0. The van der Waals surface area contributed by atoms with Crippen molar-refractivity contribution in [3.63, 3.8) is 0 Å². The summed E-state index contributed by atoms with van der Waals surface area (Å²) >= 11 is 0. The van der Waals surface area contributed by atoms with Crippen molar-refractivity contribution >= 4 is 23.6 Å². The molecule has 0 radical (unpaired) electrons. The van der Waals surface area contributed by atoms with Gasteiger partial charge in [0.25, 0.3) is 0 Å². The molecule has 36 heavy (non-hydrogen) atoms. The Bertz CT molecular complexity index is 1240. The van der Waals surface area contributed by atoms with E-state index in [1.165, 1.54) is 5.56 Å². The standard InChI is InChI=1S/C28H31N5O3/c1-20-5-10-23(11-6-20)27-29-28(36-30-27)21(2)31-16-18-32(19-17-31)25(34)14-9-22-7-12-24(13-8-22)33-15-3-4-26(33)35/h5-14,21H,3-4,15-19H2,1-2H3/b14-9+. The van der Waals surface area contributed by atoms with Crippen LogP contribution in [-0.2, 0) is 9.59 Å². The SMILES string of the molecule is Cc1ccc(-c2noc(C(C)N3CCN(C(=O)/C=C/c4ccc(N5CCCC5=O)cc4)CC3)n2)cc1. The fourth-order valence-corrected chi connectivity index (χ4v) is 4.67. The second-order valence-electron chi connectivity index (χ2n) is 9.43. The van der Waals surface area contributed by atoms with Crippen LogP contribution in [0.3, 0.4) is 0 Å². The normalized spacial score (nSPS) is 17.8. The third-order valence-electron chi connectivity index (χ3n) is 6.98. The average Bonchev–Trinajstić information content (AvgIpc) is 3.57. The van der Waals surface area contributed by atoms with Crippen LogP contribution >= 0.6 is 0 Å². The number of hydrogen-bond acceptors (Lipinski definition) is 6. The van der Waals surface area contributed by atoms with Gasteiger partial charge in [0.15, 0.2) is 0 Å². The fourth-order valence-electron chi connectivity index (χ4n) is 4.67. The average molecular weight is 486 g/mol. The van der Waals surface area contributed by atoms with Gasteiger partial charge < -0.3 is 14.3 Å². The van der Waals surface area contributed by atoms with Gasteiger partial charge in [-0.1, -0.05) is 47.1 Å². The molecule has 1 aromatic heterocycles. The molecule has 3 heterocycles. The van der Waals surface area contributed by atoms with Crippen LogP contribution in [0.5, 0.6) is 0 Å². The number of benzene rings is 2. The number of carbonyl (C=O) groups excluding carboxylic acids is 2. The lowest BCUT2D eigenvalue weighted by atomic mass is 10.1. The molecule has 2 saturated heterocycles. The van der Waals surface area contributed by atoms with Crippen molar-refractivity contribution in [2.45, 2.75) is 32.7 Å². The summed E-state index contributed by atoms with van der Waals surface area (Å²) in [4.78, 5) is 35.2. The van der Waals surface area contributed by atoms with Crippen molar-refractivity contribution in [3.05, 3.63) is 71.6 Å². The Morgan fingerprint density at radius 3 is 2.39 bits per heavy atom. The number of anilines is 1. The van der Waals surface area contributed by atoms with Gasteiger partial charge in [-0.3, -0.25) is 14.5 Å². The van der Waals surface area contributed by atoms with Gasteiger partial charge in [0, 0.05) is 56.5 Å². The molecule has 2 aliphatic rings. The maximum Gasteiger partial charge on any atom is 0.246 e. The largest absolute Gasteiger partial charge is 0.337 e. The van der Waals surface area contributed by atoms with E-state index in [4.69, 9.17) is 4.52 Å². The van der Waals surface area contributed by atoms with Gasteiger partial charge >= 0.3 is 0 Å². The summed E-state index contributed by atoms with van der Waals surface area (Å²) in [5, 5.41) is 4.15. The van der Waals surface area contributed by atoms with Crippen LogP contribution < -0.4 is 4.90 Å². The molecule has 8 heteroatoms. The van der Waals surface area contributed by atoms with Gasteiger partial charge in [-0.05, 0) is 44.0 Å². The molecule has 1 unspecified atom stereocenters. The Labute approximate surface area is 211 Å². The lowest BCUT2D eigenvalue weighted by Crippen LogP contribution is -2.48. The second kappa shape index (κ2) is 10.5. The van der Waals surface area contributed by atoms with Crippen molar-refractivity contribution in [1.82, 2.24) is 19.9 Å². The first-order chi connectivity index (χ1) is 17.5. The minimum absolute atomic E-state index is 0.000507. The maximum absolute atomic E-state index is 12.7. The van der Waals surface area contributed by atoms with E-state index in [1.807, 2.05) is 71.3 Å². The monoisotopic (exact) mass is 485 g/mol. The molecule has 3 aromatic rings. The summed E-state index contributed by atoms with van der Waals surface area (Å²) in [5.41, 5.74) is 3.97. The Morgan fingerprint density at radius 1 is 1.00 bits per heavy atom. The molecule has 8 nitrogen and oxygen atoms in total. The summed E-state index contributed by atoms with van der Waals surface area (Å²) in [6.07, 6.45) is 4.98. The lowest BCUT2D eigenvalue weighted by molar-refractivity contribution is -0.128. The number of aryl methyl sites for hydroxylation is 1. The molecule has 2 fully saturated rings. The van der Waals surface area contributed by atoms with Crippen molar-refractivity contribution < 1.29 is 14.1 Å².